The molecule has 176 valence electrons. The normalized spacial score (nSPS) is 12.2. The molecule has 0 spiro atoms. The van der Waals surface area contributed by atoms with Crippen molar-refractivity contribution in [3.05, 3.63) is 95.8 Å². The fraction of sp³-hybridized carbons (Fsp3) is 0.310. The van der Waals surface area contributed by atoms with E-state index in [1.54, 1.807) is 6.20 Å². The molecular weight excluding hydrogens is 424 g/mol. The van der Waals surface area contributed by atoms with E-state index in [1.807, 2.05) is 35.1 Å². The third-order valence-electron chi connectivity index (χ3n) is 6.10. The minimum absolute atomic E-state index is 0.0770. The highest BCUT2D eigenvalue weighted by atomic mass is 16.5. The van der Waals surface area contributed by atoms with Crippen molar-refractivity contribution in [2.75, 3.05) is 6.61 Å². The Morgan fingerprint density at radius 2 is 1.88 bits per heavy atom. The SMILES string of the molecule is CC(C)CC(COc1cc(Cn2cccn2)ccc1CCC(=O)O)c1cccc2ccccc12. The molecule has 1 atom stereocenters. The van der Waals surface area contributed by atoms with Gasteiger partial charge >= 0.3 is 5.97 Å². The molecule has 1 heterocycles. The molecule has 0 saturated heterocycles. The van der Waals surface area contributed by atoms with Crippen molar-refractivity contribution in [1.82, 2.24) is 9.78 Å². The summed E-state index contributed by atoms with van der Waals surface area (Å²) >= 11 is 0. The van der Waals surface area contributed by atoms with Crippen molar-refractivity contribution in [2.24, 2.45) is 5.92 Å². The summed E-state index contributed by atoms with van der Waals surface area (Å²) in [6.45, 7) is 5.65. The smallest absolute Gasteiger partial charge is 0.303 e. The molecule has 0 bridgehead atoms. The summed E-state index contributed by atoms with van der Waals surface area (Å²) in [6.07, 6.45) is 5.21. The zero-order valence-electron chi connectivity index (χ0n) is 19.9. The Kier molecular flexibility index (Phi) is 7.63. The van der Waals surface area contributed by atoms with Gasteiger partial charge in [0.2, 0.25) is 0 Å². The van der Waals surface area contributed by atoms with Crippen molar-refractivity contribution >= 4 is 16.7 Å². The molecule has 0 saturated carbocycles. The number of ether oxygens (including phenoxy) is 1. The summed E-state index contributed by atoms with van der Waals surface area (Å²) in [7, 11) is 0. The van der Waals surface area contributed by atoms with Gasteiger partial charge in [-0.05, 0) is 58.4 Å². The van der Waals surface area contributed by atoms with Gasteiger partial charge < -0.3 is 9.84 Å². The minimum Gasteiger partial charge on any atom is -0.493 e. The van der Waals surface area contributed by atoms with Crippen LogP contribution in [-0.2, 0) is 17.8 Å². The Morgan fingerprint density at radius 1 is 1.06 bits per heavy atom. The van der Waals surface area contributed by atoms with Crippen LogP contribution in [0.15, 0.2) is 79.1 Å². The lowest BCUT2D eigenvalue weighted by Gasteiger charge is -2.23. The van der Waals surface area contributed by atoms with Gasteiger partial charge in [-0.25, -0.2) is 0 Å². The molecule has 0 fully saturated rings. The predicted molar refractivity (Wildman–Crippen MR) is 135 cm³/mol. The highest BCUT2D eigenvalue weighted by Crippen LogP contribution is 2.32. The largest absolute Gasteiger partial charge is 0.493 e. The minimum atomic E-state index is -0.806. The number of aryl methyl sites for hydroxylation is 1. The molecule has 5 nitrogen and oxygen atoms in total. The number of benzene rings is 3. The number of carboxylic acids is 1. The van der Waals surface area contributed by atoms with Crippen LogP contribution in [0, 0.1) is 5.92 Å². The number of hydrogen-bond donors (Lipinski definition) is 1. The van der Waals surface area contributed by atoms with Crippen molar-refractivity contribution in [3.8, 4) is 5.75 Å². The first-order valence-corrected chi connectivity index (χ1v) is 11.9. The van der Waals surface area contributed by atoms with Gasteiger partial charge in [-0.15, -0.1) is 0 Å². The first kappa shape index (κ1) is 23.6. The monoisotopic (exact) mass is 456 g/mol. The maximum atomic E-state index is 11.2. The van der Waals surface area contributed by atoms with Gasteiger partial charge in [0.15, 0.2) is 0 Å². The number of rotatable bonds is 11. The molecule has 4 rings (SSSR count). The van der Waals surface area contributed by atoms with Gasteiger partial charge in [0.25, 0.3) is 0 Å². The van der Waals surface area contributed by atoms with Crippen LogP contribution in [0.1, 0.15) is 49.3 Å². The number of aromatic nitrogens is 2. The maximum absolute atomic E-state index is 11.2. The lowest BCUT2D eigenvalue weighted by Crippen LogP contribution is -2.14. The predicted octanol–water partition coefficient (Wildman–Crippen LogP) is 6.31. The Balaban J connectivity index is 1.61. The van der Waals surface area contributed by atoms with Crippen LogP contribution >= 0.6 is 0 Å². The molecule has 3 aromatic carbocycles. The molecule has 5 heteroatoms. The molecule has 0 aliphatic carbocycles. The third-order valence-corrected chi connectivity index (χ3v) is 6.10. The zero-order valence-corrected chi connectivity index (χ0v) is 19.9. The van der Waals surface area contributed by atoms with Crippen LogP contribution in [0.25, 0.3) is 10.8 Å². The van der Waals surface area contributed by atoms with Crippen LogP contribution in [0.5, 0.6) is 5.75 Å². The number of carbonyl (C=O) groups is 1. The van der Waals surface area contributed by atoms with E-state index < -0.39 is 5.97 Å². The summed E-state index contributed by atoms with van der Waals surface area (Å²) < 4.78 is 8.34. The molecule has 4 aromatic rings. The van der Waals surface area contributed by atoms with E-state index >= 15 is 0 Å². The number of hydrogen-bond acceptors (Lipinski definition) is 3. The Bertz CT molecular complexity index is 1230. The van der Waals surface area contributed by atoms with Crippen LogP contribution in [0.4, 0.5) is 0 Å². The lowest BCUT2D eigenvalue weighted by molar-refractivity contribution is -0.136. The van der Waals surface area contributed by atoms with Crippen LogP contribution in [0.3, 0.4) is 0 Å². The van der Waals surface area contributed by atoms with Gasteiger partial charge in [0.1, 0.15) is 5.75 Å². The zero-order chi connectivity index (χ0) is 23.9. The highest BCUT2D eigenvalue weighted by molar-refractivity contribution is 5.86. The second kappa shape index (κ2) is 11.0. The van der Waals surface area contributed by atoms with E-state index in [-0.39, 0.29) is 12.3 Å². The molecule has 0 aliphatic heterocycles. The van der Waals surface area contributed by atoms with Crippen molar-refractivity contribution < 1.29 is 14.6 Å². The van der Waals surface area contributed by atoms with Gasteiger partial charge in [-0.1, -0.05) is 68.4 Å². The molecule has 0 amide bonds. The summed E-state index contributed by atoms with van der Waals surface area (Å²) in [5.41, 5.74) is 3.29. The van der Waals surface area contributed by atoms with Gasteiger partial charge in [-0.2, -0.15) is 5.10 Å². The molecule has 34 heavy (non-hydrogen) atoms. The van der Waals surface area contributed by atoms with E-state index in [2.05, 4.69) is 61.4 Å². The quantitative estimate of drug-likeness (QED) is 0.287. The van der Waals surface area contributed by atoms with Crippen molar-refractivity contribution in [2.45, 2.75) is 45.6 Å². The van der Waals surface area contributed by atoms with Gasteiger partial charge in [0, 0.05) is 24.7 Å². The highest BCUT2D eigenvalue weighted by Gasteiger charge is 2.18. The van der Waals surface area contributed by atoms with Crippen molar-refractivity contribution in [3.63, 3.8) is 0 Å². The second-order valence-corrected chi connectivity index (χ2v) is 9.25. The molecular formula is C29H32N2O3. The number of fused-ring (bicyclic) bond motifs is 1. The molecule has 0 radical (unpaired) electrons. The van der Waals surface area contributed by atoms with Gasteiger partial charge in [0.05, 0.1) is 13.2 Å². The summed E-state index contributed by atoms with van der Waals surface area (Å²) in [6, 6.07) is 22.9. The maximum Gasteiger partial charge on any atom is 0.303 e. The van der Waals surface area contributed by atoms with E-state index in [0.29, 0.717) is 25.5 Å². The Hall–Kier alpha value is -3.60. The number of aliphatic carboxylic acids is 1. The number of nitrogens with zero attached hydrogens (tertiary/aromatic N) is 2. The van der Waals surface area contributed by atoms with E-state index in [9.17, 15) is 9.90 Å². The van der Waals surface area contributed by atoms with Crippen LogP contribution in [0.2, 0.25) is 0 Å². The Morgan fingerprint density at radius 3 is 2.65 bits per heavy atom. The fourth-order valence-electron chi connectivity index (χ4n) is 4.51. The van der Waals surface area contributed by atoms with Crippen LogP contribution in [-0.4, -0.2) is 27.5 Å². The van der Waals surface area contributed by atoms with E-state index in [4.69, 9.17) is 4.74 Å². The fourth-order valence-corrected chi connectivity index (χ4v) is 4.51. The van der Waals surface area contributed by atoms with Gasteiger partial charge in [-0.3, -0.25) is 9.48 Å². The van der Waals surface area contributed by atoms with Crippen molar-refractivity contribution in [1.29, 1.82) is 0 Å². The molecule has 0 aliphatic rings. The average molecular weight is 457 g/mol. The standard InChI is InChI=1S/C29H32N2O3/c1-21(2)17-25(27-10-5-8-23-7-3-4-9-26(23)27)20-34-28-18-22(19-31-16-6-15-30-31)11-12-24(28)13-14-29(32)33/h3-12,15-16,18,21,25H,13-14,17,19-20H2,1-2H3,(H,32,33). The van der Waals surface area contributed by atoms with E-state index in [1.165, 1.54) is 16.3 Å². The third kappa shape index (κ3) is 6.04. The van der Waals surface area contributed by atoms with E-state index in [0.717, 1.165) is 23.3 Å². The summed E-state index contributed by atoms with van der Waals surface area (Å²) in [4.78, 5) is 11.2. The summed E-state index contributed by atoms with van der Waals surface area (Å²) in [5, 5.41) is 16.0. The second-order valence-electron chi connectivity index (χ2n) is 9.25. The first-order chi connectivity index (χ1) is 16.5. The Labute approximate surface area is 201 Å². The molecule has 1 aromatic heterocycles. The first-order valence-electron chi connectivity index (χ1n) is 11.9. The lowest BCUT2D eigenvalue weighted by atomic mass is 9.88. The topological polar surface area (TPSA) is 64.4 Å². The average Bonchev–Trinajstić information content (AvgIpc) is 3.33. The number of carboxylic acid groups (broad SMARTS) is 1. The van der Waals surface area contributed by atoms with Crippen LogP contribution < -0.4 is 4.74 Å². The molecule has 1 unspecified atom stereocenters. The summed E-state index contributed by atoms with van der Waals surface area (Å²) in [5.74, 6) is 0.707. The molecule has 1 N–H and O–H groups in total.